The Morgan fingerprint density at radius 3 is 2.14 bits per heavy atom. The average Bonchev–Trinajstić information content (AvgIpc) is 2.83. The summed E-state index contributed by atoms with van der Waals surface area (Å²) >= 11 is 24.6. The van der Waals surface area contributed by atoms with E-state index in [1.54, 1.807) is 12.1 Å². The zero-order chi connectivity index (χ0) is 26.9. The lowest BCUT2D eigenvalue weighted by Crippen LogP contribution is -2.54. The third-order valence-electron chi connectivity index (χ3n) is 5.18. The first kappa shape index (κ1) is 26.5. The molecule has 0 aliphatic carbocycles. The lowest BCUT2D eigenvalue weighted by atomic mass is 10.1. The summed E-state index contributed by atoms with van der Waals surface area (Å²) in [4.78, 5) is 49.7. The summed E-state index contributed by atoms with van der Waals surface area (Å²) in [6, 6.07) is 12.2. The number of hydrogen-bond donors (Lipinski definition) is 2. The minimum absolute atomic E-state index is 0.0569. The molecule has 0 spiro atoms. The van der Waals surface area contributed by atoms with E-state index < -0.39 is 23.8 Å². The quantitative estimate of drug-likeness (QED) is 0.264. The molecule has 4 amide bonds. The molecule has 188 valence electrons. The topological polar surface area (TPSA) is 113 Å². The molecule has 1 heterocycles. The van der Waals surface area contributed by atoms with Gasteiger partial charge in [0.05, 0.1) is 31.3 Å². The number of benzene rings is 3. The van der Waals surface area contributed by atoms with Crippen LogP contribution in [0.15, 0.2) is 60.2 Å². The van der Waals surface area contributed by atoms with Gasteiger partial charge in [-0.3, -0.25) is 14.9 Å². The highest BCUT2D eigenvalue weighted by atomic mass is 35.5. The number of ether oxygens (including phenoxy) is 1. The molecule has 0 unspecified atom stereocenters. The van der Waals surface area contributed by atoms with Crippen LogP contribution in [0.1, 0.15) is 21.5 Å². The first-order chi connectivity index (χ1) is 17.5. The summed E-state index contributed by atoms with van der Waals surface area (Å²) in [5.41, 5.74) is 0.893. The molecule has 1 saturated heterocycles. The van der Waals surface area contributed by atoms with Crippen LogP contribution >= 0.6 is 46.4 Å². The number of nitrogens with one attached hydrogen (secondary N) is 1. The number of hydrogen-bond acceptors (Lipinski definition) is 5. The summed E-state index contributed by atoms with van der Waals surface area (Å²) < 4.78 is 5.70. The number of halogens is 4. The first-order valence-corrected chi connectivity index (χ1v) is 11.9. The number of carbonyl (C=O) groups excluding carboxylic acids is 3. The Hall–Kier alpha value is -3.56. The molecule has 3 aromatic carbocycles. The number of amides is 4. The fourth-order valence-corrected chi connectivity index (χ4v) is 4.29. The lowest BCUT2D eigenvalue weighted by Gasteiger charge is -2.26. The molecule has 0 radical (unpaired) electrons. The van der Waals surface area contributed by atoms with Gasteiger partial charge in [0, 0.05) is 0 Å². The number of urea groups is 1. The molecule has 12 heteroatoms. The van der Waals surface area contributed by atoms with Crippen LogP contribution in [0.5, 0.6) is 5.75 Å². The van der Waals surface area contributed by atoms with Crippen LogP contribution in [-0.2, 0) is 16.2 Å². The van der Waals surface area contributed by atoms with Gasteiger partial charge in [0.25, 0.3) is 11.8 Å². The van der Waals surface area contributed by atoms with Gasteiger partial charge in [-0.25, -0.2) is 14.5 Å². The first-order valence-electron chi connectivity index (χ1n) is 10.4. The second-order valence-corrected chi connectivity index (χ2v) is 9.29. The zero-order valence-corrected chi connectivity index (χ0v) is 21.5. The second kappa shape index (κ2) is 10.8. The number of imide groups is 2. The minimum Gasteiger partial charge on any atom is -0.486 e. The van der Waals surface area contributed by atoms with Crippen molar-refractivity contribution >= 4 is 82.0 Å². The molecule has 4 rings (SSSR count). The molecule has 0 saturated carbocycles. The number of carboxylic acids is 1. The van der Waals surface area contributed by atoms with E-state index in [0.717, 1.165) is 4.90 Å². The van der Waals surface area contributed by atoms with Gasteiger partial charge in [-0.1, -0.05) is 58.5 Å². The van der Waals surface area contributed by atoms with Gasteiger partial charge < -0.3 is 9.84 Å². The van der Waals surface area contributed by atoms with Crippen LogP contribution in [-0.4, -0.2) is 28.9 Å². The second-order valence-electron chi connectivity index (χ2n) is 7.66. The Bertz CT molecular complexity index is 1460. The van der Waals surface area contributed by atoms with Crippen molar-refractivity contribution in [2.45, 2.75) is 6.61 Å². The normalized spacial score (nSPS) is 14.6. The zero-order valence-electron chi connectivity index (χ0n) is 18.4. The Morgan fingerprint density at radius 2 is 1.54 bits per heavy atom. The van der Waals surface area contributed by atoms with Crippen LogP contribution in [0.25, 0.3) is 6.08 Å². The smallest absolute Gasteiger partial charge is 0.335 e. The summed E-state index contributed by atoms with van der Waals surface area (Å²) in [6.07, 6.45) is 1.24. The fourth-order valence-electron chi connectivity index (χ4n) is 3.38. The van der Waals surface area contributed by atoms with E-state index >= 15 is 0 Å². The van der Waals surface area contributed by atoms with Crippen molar-refractivity contribution < 1.29 is 29.0 Å². The lowest BCUT2D eigenvalue weighted by molar-refractivity contribution is -0.122. The molecule has 1 fully saturated rings. The largest absolute Gasteiger partial charge is 0.486 e. The minimum atomic E-state index is -1.04. The van der Waals surface area contributed by atoms with Gasteiger partial charge in [-0.15, -0.1) is 0 Å². The van der Waals surface area contributed by atoms with Crippen molar-refractivity contribution in [1.29, 1.82) is 0 Å². The summed E-state index contributed by atoms with van der Waals surface area (Å²) in [5.74, 6) is -2.68. The number of carboxylic acid groups (broad SMARTS) is 1. The van der Waals surface area contributed by atoms with E-state index in [4.69, 9.17) is 56.2 Å². The Balaban J connectivity index is 1.58. The van der Waals surface area contributed by atoms with Crippen molar-refractivity contribution in [1.82, 2.24) is 5.32 Å². The van der Waals surface area contributed by atoms with Gasteiger partial charge in [-0.05, 0) is 59.7 Å². The molecular weight excluding hydrogens is 566 g/mol. The van der Waals surface area contributed by atoms with E-state index in [-0.39, 0.29) is 49.3 Å². The number of anilines is 1. The van der Waals surface area contributed by atoms with Crippen LogP contribution in [0.2, 0.25) is 20.1 Å². The fraction of sp³-hybridized carbons (Fsp3) is 0.0400. The van der Waals surface area contributed by atoms with E-state index in [0.29, 0.717) is 11.1 Å². The highest BCUT2D eigenvalue weighted by Gasteiger charge is 2.37. The van der Waals surface area contributed by atoms with Gasteiger partial charge in [-0.2, -0.15) is 0 Å². The van der Waals surface area contributed by atoms with Gasteiger partial charge in [0.15, 0.2) is 5.75 Å². The molecule has 1 aliphatic rings. The summed E-state index contributed by atoms with van der Waals surface area (Å²) in [6.45, 7) is 0.0569. The molecule has 1 aliphatic heterocycles. The number of nitrogens with zero attached hydrogens (tertiary/aromatic N) is 1. The SMILES string of the molecule is O=C1NC(=O)N(c2ccc(Cl)c(Cl)c2)C(=O)/C1=C/c1cc(Cl)c(OCc2ccc(C(=O)O)cc2)c(Cl)c1. The molecule has 37 heavy (non-hydrogen) atoms. The van der Waals surface area contributed by atoms with Crippen molar-refractivity contribution in [2.75, 3.05) is 4.90 Å². The predicted molar refractivity (Wildman–Crippen MR) is 140 cm³/mol. The van der Waals surface area contributed by atoms with Crippen LogP contribution < -0.4 is 15.0 Å². The molecule has 2 N–H and O–H groups in total. The summed E-state index contributed by atoms with van der Waals surface area (Å²) in [5, 5.41) is 11.6. The number of rotatable bonds is 6. The maximum atomic E-state index is 13.1. The van der Waals surface area contributed by atoms with Crippen molar-refractivity contribution in [3.05, 3.63) is 97.0 Å². The Labute approximate surface area is 229 Å². The number of aromatic carboxylic acids is 1. The Kier molecular flexibility index (Phi) is 7.75. The predicted octanol–water partition coefficient (Wildman–Crippen LogP) is 6.24. The third-order valence-corrected chi connectivity index (χ3v) is 6.48. The molecule has 0 aromatic heterocycles. The monoisotopic (exact) mass is 578 g/mol. The highest BCUT2D eigenvalue weighted by molar-refractivity contribution is 6.43. The third kappa shape index (κ3) is 5.73. The molecule has 8 nitrogen and oxygen atoms in total. The van der Waals surface area contributed by atoms with Crippen LogP contribution in [0.3, 0.4) is 0 Å². The van der Waals surface area contributed by atoms with Gasteiger partial charge in [0.2, 0.25) is 0 Å². The molecule has 0 bridgehead atoms. The van der Waals surface area contributed by atoms with E-state index in [2.05, 4.69) is 5.32 Å². The molecule has 3 aromatic rings. The number of carbonyl (C=O) groups is 4. The van der Waals surface area contributed by atoms with E-state index in [1.165, 1.54) is 48.5 Å². The number of barbiturate groups is 1. The van der Waals surface area contributed by atoms with E-state index in [1.807, 2.05) is 0 Å². The highest BCUT2D eigenvalue weighted by Crippen LogP contribution is 2.36. The average molecular weight is 580 g/mol. The summed E-state index contributed by atoms with van der Waals surface area (Å²) in [7, 11) is 0. The van der Waals surface area contributed by atoms with Crippen molar-refractivity contribution in [2.24, 2.45) is 0 Å². The van der Waals surface area contributed by atoms with Crippen molar-refractivity contribution in [3.63, 3.8) is 0 Å². The van der Waals surface area contributed by atoms with Crippen LogP contribution in [0.4, 0.5) is 10.5 Å². The molecule has 0 atom stereocenters. The van der Waals surface area contributed by atoms with Gasteiger partial charge >= 0.3 is 12.0 Å². The maximum absolute atomic E-state index is 13.1. The maximum Gasteiger partial charge on any atom is 0.335 e. The standard InChI is InChI=1S/C25H14Cl4N2O6/c26-17-6-5-15(10-18(17)27)31-23(33)16(22(32)30-25(31)36)7-13-8-19(28)21(20(29)9-13)37-11-12-1-3-14(4-2-12)24(34)35/h1-10H,11H2,(H,34,35)(H,30,32,36)/b16-7+. The van der Waals surface area contributed by atoms with E-state index in [9.17, 15) is 19.2 Å². The van der Waals surface area contributed by atoms with Crippen LogP contribution in [0, 0.1) is 0 Å². The van der Waals surface area contributed by atoms with Gasteiger partial charge in [0.1, 0.15) is 12.2 Å². The Morgan fingerprint density at radius 1 is 0.892 bits per heavy atom. The molecular formula is C25H14Cl4N2O6. The van der Waals surface area contributed by atoms with Crippen molar-refractivity contribution in [3.8, 4) is 5.75 Å².